The summed E-state index contributed by atoms with van der Waals surface area (Å²) in [4.78, 5) is 27.0. The van der Waals surface area contributed by atoms with Gasteiger partial charge in [0.05, 0.1) is 37.1 Å². The Morgan fingerprint density at radius 1 is 1.00 bits per heavy atom. The summed E-state index contributed by atoms with van der Waals surface area (Å²) in [6, 6.07) is 6.14. The largest absolute Gasteiger partial charge is 0.416 e. The molecule has 0 spiro atoms. The van der Waals surface area contributed by atoms with E-state index in [1.54, 1.807) is 0 Å². The first-order valence-electron chi connectivity index (χ1n) is 15.7. The van der Waals surface area contributed by atoms with E-state index in [1.807, 2.05) is 11.8 Å². The van der Waals surface area contributed by atoms with Gasteiger partial charge in [0.2, 0.25) is 0 Å². The predicted octanol–water partition coefficient (Wildman–Crippen LogP) is 5.14. The van der Waals surface area contributed by atoms with E-state index in [0.29, 0.717) is 43.9 Å². The number of rotatable bonds is 6. The molecule has 4 fully saturated rings. The Balaban J connectivity index is 1.03. The molecule has 4 aliphatic rings. The van der Waals surface area contributed by atoms with Crippen LogP contribution in [0.4, 0.5) is 13.2 Å². The van der Waals surface area contributed by atoms with Crippen molar-refractivity contribution in [3.05, 3.63) is 58.7 Å². The third-order valence-electron chi connectivity index (χ3n) is 9.65. The molecule has 11 heteroatoms. The number of benzene rings is 1. The molecule has 5 heterocycles. The highest BCUT2D eigenvalue weighted by Crippen LogP contribution is 2.35. The maximum atomic E-state index is 13.6. The summed E-state index contributed by atoms with van der Waals surface area (Å²) in [6.07, 6.45) is 3.89. The Bertz CT molecular complexity index is 1250. The molecule has 4 atom stereocenters. The number of piperidine rings is 1. The van der Waals surface area contributed by atoms with Crippen LogP contribution in [-0.2, 0) is 26.8 Å². The molecule has 0 saturated carbocycles. The fourth-order valence-electron chi connectivity index (χ4n) is 7.21. The highest BCUT2D eigenvalue weighted by molar-refractivity contribution is 5.93. The molecule has 0 radical (unpaired) electrons. The number of amides is 1. The van der Waals surface area contributed by atoms with Gasteiger partial charge < -0.3 is 19.1 Å². The van der Waals surface area contributed by atoms with Gasteiger partial charge in [-0.1, -0.05) is 12.1 Å². The zero-order chi connectivity index (χ0) is 30.0. The fourth-order valence-corrected chi connectivity index (χ4v) is 7.21. The van der Waals surface area contributed by atoms with Crippen LogP contribution >= 0.6 is 0 Å². The molecule has 6 rings (SSSR count). The second-order valence-corrected chi connectivity index (χ2v) is 12.2. The second kappa shape index (κ2) is 13.2. The highest BCUT2D eigenvalue weighted by Gasteiger charge is 2.40. The van der Waals surface area contributed by atoms with E-state index in [-0.39, 0.29) is 24.2 Å². The van der Waals surface area contributed by atoms with Gasteiger partial charge in [0.1, 0.15) is 12.0 Å². The summed E-state index contributed by atoms with van der Waals surface area (Å²) in [7, 11) is 0. The summed E-state index contributed by atoms with van der Waals surface area (Å²) in [5.74, 6) is -0.0400. The molecule has 2 aromatic rings. The van der Waals surface area contributed by atoms with Crippen molar-refractivity contribution in [1.82, 2.24) is 19.8 Å². The Morgan fingerprint density at radius 2 is 1.79 bits per heavy atom. The van der Waals surface area contributed by atoms with Crippen molar-refractivity contribution >= 4 is 5.91 Å². The number of likely N-dealkylation sites (tertiary alicyclic amines) is 1. The van der Waals surface area contributed by atoms with Crippen molar-refractivity contribution in [1.29, 1.82) is 0 Å². The van der Waals surface area contributed by atoms with Crippen molar-refractivity contribution < 1.29 is 32.2 Å². The van der Waals surface area contributed by atoms with Gasteiger partial charge in [-0.15, -0.1) is 0 Å². The first-order chi connectivity index (χ1) is 20.8. The molecule has 234 valence electrons. The highest BCUT2D eigenvalue weighted by atomic mass is 19.4. The second-order valence-electron chi connectivity index (χ2n) is 12.2. The minimum Gasteiger partial charge on any atom is -0.379 e. The average Bonchev–Trinajstić information content (AvgIpc) is 3.03. The van der Waals surface area contributed by atoms with Crippen LogP contribution in [0.25, 0.3) is 0 Å². The van der Waals surface area contributed by atoms with Gasteiger partial charge in [0.15, 0.2) is 0 Å². The number of carbonyl (C=O) groups excluding carboxylic acids is 1. The van der Waals surface area contributed by atoms with E-state index in [9.17, 15) is 18.0 Å². The lowest BCUT2D eigenvalue weighted by atomic mass is 9.94. The quantitative estimate of drug-likeness (QED) is 0.453. The number of fused-ring (bicyclic) bond motifs is 1. The number of morpholine rings is 1. The number of hydrogen-bond acceptors (Lipinski definition) is 7. The summed E-state index contributed by atoms with van der Waals surface area (Å²) in [6.45, 7) is 6.43. The number of carbonyl (C=O) groups is 1. The molecule has 1 aromatic heterocycles. The maximum absolute atomic E-state index is 13.6. The molecule has 0 unspecified atom stereocenters. The molecular weight excluding hydrogens is 561 g/mol. The zero-order valence-corrected chi connectivity index (χ0v) is 24.7. The molecule has 0 N–H and O–H groups in total. The number of alkyl halides is 3. The van der Waals surface area contributed by atoms with Crippen molar-refractivity contribution in [2.75, 3.05) is 39.5 Å². The molecule has 43 heavy (non-hydrogen) atoms. The van der Waals surface area contributed by atoms with E-state index in [4.69, 9.17) is 14.2 Å². The van der Waals surface area contributed by atoms with Gasteiger partial charge in [-0.05, 0) is 76.0 Å². The van der Waals surface area contributed by atoms with E-state index < -0.39 is 11.7 Å². The van der Waals surface area contributed by atoms with Gasteiger partial charge in [-0.3, -0.25) is 9.69 Å². The van der Waals surface area contributed by atoms with Gasteiger partial charge in [-0.25, -0.2) is 9.97 Å². The lowest BCUT2D eigenvalue weighted by Crippen LogP contribution is -2.60. The molecule has 0 bridgehead atoms. The van der Waals surface area contributed by atoms with Crippen LogP contribution in [0, 0.1) is 6.92 Å². The molecule has 0 aliphatic carbocycles. The lowest BCUT2D eigenvalue weighted by Gasteiger charge is -2.49. The summed E-state index contributed by atoms with van der Waals surface area (Å²) < 4.78 is 56.8. The van der Waals surface area contributed by atoms with Crippen molar-refractivity contribution in [3.63, 3.8) is 0 Å². The van der Waals surface area contributed by atoms with Gasteiger partial charge in [0, 0.05) is 49.6 Å². The van der Waals surface area contributed by atoms with Crippen LogP contribution in [0.3, 0.4) is 0 Å². The lowest BCUT2D eigenvalue weighted by molar-refractivity contribution is -0.148. The first kappa shape index (κ1) is 30.4. The summed E-state index contributed by atoms with van der Waals surface area (Å²) in [5, 5.41) is 0. The van der Waals surface area contributed by atoms with Crippen LogP contribution < -0.4 is 0 Å². The molecule has 4 saturated heterocycles. The maximum Gasteiger partial charge on any atom is 0.416 e. The Morgan fingerprint density at radius 3 is 2.56 bits per heavy atom. The number of aromatic nitrogens is 2. The average molecular weight is 603 g/mol. The molecule has 1 amide bonds. The van der Waals surface area contributed by atoms with Crippen LogP contribution in [-0.4, -0.2) is 89.4 Å². The predicted molar refractivity (Wildman–Crippen MR) is 153 cm³/mol. The number of ether oxygens (including phenoxy) is 3. The number of nitrogens with zero attached hydrogens (tertiary/aromatic N) is 4. The monoisotopic (exact) mass is 602 g/mol. The van der Waals surface area contributed by atoms with Crippen molar-refractivity contribution in [2.24, 2.45) is 0 Å². The van der Waals surface area contributed by atoms with Crippen LogP contribution in [0.15, 0.2) is 30.6 Å². The molecule has 1 aromatic carbocycles. The van der Waals surface area contributed by atoms with E-state index in [1.165, 1.54) is 18.5 Å². The van der Waals surface area contributed by atoms with Crippen molar-refractivity contribution in [3.8, 4) is 0 Å². The van der Waals surface area contributed by atoms with Gasteiger partial charge in [0.25, 0.3) is 5.91 Å². The Hall–Kier alpha value is -2.60. The van der Waals surface area contributed by atoms with E-state index >= 15 is 0 Å². The van der Waals surface area contributed by atoms with E-state index in [2.05, 4.69) is 14.9 Å². The molecular formula is C32H41F3N4O4. The Kier molecular flexibility index (Phi) is 9.32. The van der Waals surface area contributed by atoms with Crippen LogP contribution in [0.1, 0.15) is 83.9 Å². The van der Waals surface area contributed by atoms with Gasteiger partial charge in [-0.2, -0.15) is 13.2 Å². The standard InChI is InChI=1S/C32H41F3N4O4/c1-21-26(10-9-25-3-2-4-28(43-25)22-5-7-23(8-6-22)32(33,34)35)36-20-37-30(21)31(40)38-14-11-24(12-15-38)39-16-18-42-29-19-41-17-13-27(29)39/h5-8,20,24-25,27-29H,2-4,9-19H2,1H3/t25-,27+,28+,29-/m1/s1. The first-order valence-corrected chi connectivity index (χ1v) is 15.7. The number of hydrogen-bond donors (Lipinski definition) is 0. The minimum atomic E-state index is -4.35. The third-order valence-corrected chi connectivity index (χ3v) is 9.65. The minimum absolute atomic E-state index is 0.0240. The number of halogens is 3. The topological polar surface area (TPSA) is 77.0 Å². The van der Waals surface area contributed by atoms with E-state index in [0.717, 1.165) is 93.7 Å². The fraction of sp³-hybridized carbons (Fsp3) is 0.656. The molecule has 8 nitrogen and oxygen atoms in total. The smallest absolute Gasteiger partial charge is 0.379 e. The van der Waals surface area contributed by atoms with Crippen molar-refractivity contribution in [2.45, 2.75) is 94.9 Å². The summed E-state index contributed by atoms with van der Waals surface area (Å²) >= 11 is 0. The zero-order valence-electron chi connectivity index (χ0n) is 24.7. The number of aryl methyl sites for hydroxylation is 1. The third kappa shape index (κ3) is 6.90. The SMILES string of the molecule is Cc1c(CC[C@H]2CCC[C@@H](c3ccc(C(F)(F)F)cc3)O2)ncnc1C(=O)N1CCC(N2CCO[C@@H]3COCC[C@@H]32)CC1. The normalized spacial score (nSPS) is 27.6. The summed E-state index contributed by atoms with van der Waals surface area (Å²) in [5.41, 5.74) is 2.23. The molecule has 4 aliphatic heterocycles. The van der Waals surface area contributed by atoms with Crippen LogP contribution in [0.5, 0.6) is 0 Å². The van der Waals surface area contributed by atoms with Gasteiger partial charge >= 0.3 is 6.18 Å². The Labute approximate surface area is 250 Å². The van der Waals surface area contributed by atoms with Crippen LogP contribution in [0.2, 0.25) is 0 Å².